The van der Waals surface area contributed by atoms with Crippen molar-refractivity contribution in [3.8, 4) is 0 Å². The van der Waals surface area contributed by atoms with Crippen LogP contribution in [0.25, 0.3) is 0 Å². The van der Waals surface area contributed by atoms with Crippen molar-refractivity contribution in [2.75, 3.05) is 11.9 Å². The molecule has 0 radical (unpaired) electrons. The van der Waals surface area contributed by atoms with Crippen LogP contribution in [0.15, 0.2) is 66.9 Å². The molecule has 0 aliphatic heterocycles. The van der Waals surface area contributed by atoms with Crippen LogP contribution in [0.1, 0.15) is 22.3 Å². The van der Waals surface area contributed by atoms with Gasteiger partial charge in [0.25, 0.3) is 5.91 Å². The summed E-state index contributed by atoms with van der Waals surface area (Å²) in [5.74, 6) is -1.23. The number of carboxylic acid groups (broad SMARTS) is 1. The summed E-state index contributed by atoms with van der Waals surface area (Å²) in [7, 11) is 0. The first-order chi connectivity index (χ1) is 16.8. The van der Waals surface area contributed by atoms with E-state index in [4.69, 9.17) is 23.2 Å². The molecule has 0 bridgehead atoms. The highest BCUT2D eigenvalue weighted by Crippen LogP contribution is 2.24. The van der Waals surface area contributed by atoms with Crippen molar-refractivity contribution in [3.63, 3.8) is 0 Å². The van der Waals surface area contributed by atoms with E-state index in [0.717, 1.165) is 17.1 Å². The molecule has 1 aromatic heterocycles. The molecule has 1 heterocycles. The van der Waals surface area contributed by atoms with Crippen molar-refractivity contribution >= 4 is 52.6 Å². The van der Waals surface area contributed by atoms with Crippen LogP contribution in [-0.2, 0) is 11.3 Å². The van der Waals surface area contributed by atoms with Crippen LogP contribution in [0.2, 0.25) is 10.0 Å². The highest BCUT2D eigenvalue weighted by Gasteiger charge is 2.23. The highest BCUT2D eigenvalue weighted by atomic mass is 35.5. The van der Waals surface area contributed by atoms with E-state index < -0.39 is 23.9 Å². The number of hydrogen-bond acceptors (Lipinski definition) is 5. The number of anilines is 2. The van der Waals surface area contributed by atoms with Crippen LogP contribution in [-0.4, -0.2) is 40.6 Å². The fourth-order valence-corrected chi connectivity index (χ4v) is 3.64. The van der Waals surface area contributed by atoms with Gasteiger partial charge >= 0.3 is 12.0 Å². The second-order valence-electron chi connectivity index (χ2n) is 7.40. The lowest BCUT2D eigenvalue weighted by Gasteiger charge is -2.16. The Morgan fingerprint density at radius 2 is 1.63 bits per heavy atom. The Morgan fingerprint density at radius 3 is 2.26 bits per heavy atom. The molecule has 35 heavy (non-hydrogen) atoms. The Bertz CT molecular complexity index is 1160. The van der Waals surface area contributed by atoms with Crippen LogP contribution < -0.4 is 21.3 Å². The van der Waals surface area contributed by atoms with Crippen LogP contribution in [0.4, 0.5) is 16.3 Å². The molecule has 182 valence electrons. The maximum atomic E-state index is 12.4. The van der Waals surface area contributed by atoms with Gasteiger partial charge in [-0.3, -0.25) is 4.79 Å². The SMILES string of the molecule is O=C(NCC[C@H](NC(=O)c1c(Cl)cccc1Cl)C(=O)O)NCc1ccc(Nc2ccccn2)cc1. The Labute approximate surface area is 211 Å². The van der Waals surface area contributed by atoms with Crippen molar-refractivity contribution in [1.29, 1.82) is 0 Å². The summed E-state index contributed by atoms with van der Waals surface area (Å²) < 4.78 is 0. The van der Waals surface area contributed by atoms with E-state index in [1.54, 1.807) is 12.3 Å². The lowest BCUT2D eigenvalue weighted by atomic mass is 10.1. The third-order valence-corrected chi connectivity index (χ3v) is 5.49. The molecule has 5 N–H and O–H groups in total. The number of aliphatic carboxylic acids is 1. The number of carboxylic acids is 1. The Morgan fingerprint density at radius 1 is 0.914 bits per heavy atom. The molecule has 9 nitrogen and oxygen atoms in total. The molecule has 0 aliphatic rings. The second kappa shape index (κ2) is 12.6. The molecule has 0 saturated carbocycles. The molecule has 3 aromatic rings. The lowest BCUT2D eigenvalue weighted by molar-refractivity contribution is -0.139. The van der Waals surface area contributed by atoms with Crippen molar-refractivity contribution in [2.45, 2.75) is 19.0 Å². The van der Waals surface area contributed by atoms with Gasteiger partial charge in [-0.05, 0) is 48.4 Å². The van der Waals surface area contributed by atoms with Gasteiger partial charge in [0.2, 0.25) is 0 Å². The molecule has 3 rings (SSSR count). The molecule has 0 aliphatic carbocycles. The van der Waals surface area contributed by atoms with Gasteiger partial charge < -0.3 is 26.4 Å². The first-order valence-electron chi connectivity index (χ1n) is 10.6. The number of nitrogens with zero attached hydrogens (tertiary/aromatic N) is 1. The number of urea groups is 1. The standard InChI is InChI=1S/C24H23Cl2N5O4/c25-17-4-3-5-18(26)21(17)22(32)31-19(23(33)34)11-13-28-24(35)29-14-15-7-9-16(10-8-15)30-20-6-1-2-12-27-20/h1-10,12,19H,11,13-14H2,(H,27,30)(H,31,32)(H,33,34)(H2,28,29,35)/t19-/m0/s1. The summed E-state index contributed by atoms with van der Waals surface area (Å²) in [6.45, 7) is 0.298. The zero-order chi connectivity index (χ0) is 25.2. The molecule has 1 atom stereocenters. The van der Waals surface area contributed by atoms with Gasteiger partial charge in [-0.25, -0.2) is 14.6 Å². The molecule has 0 saturated heterocycles. The lowest BCUT2D eigenvalue weighted by Crippen LogP contribution is -2.44. The minimum absolute atomic E-state index is 0.00552. The molecule has 0 unspecified atom stereocenters. The maximum Gasteiger partial charge on any atom is 0.326 e. The summed E-state index contributed by atoms with van der Waals surface area (Å²) in [6, 6.07) is 15.9. The van der Waals surface area contributed by atoms with Crippen LogP contribution in [0.3, 0.4) is 0 Å². The van der Waals surface area contributed by atoms with E-state index >= 15 is 0 Å². The van der Waals surface area contributed by atoms with Crippen molar-refractivity contribution in [1.82, 2.24) is 20.9 Å². The smallest absolute Gasteiger partial charge is 0.326 e. The molecule has 3 amide bonds. The minimum atomic E-state index is -1.25. The van der Waals surface area contributed by atoms with E-state index in [1.807, 2.05) is 42.5 Å². The van der Waals surface area contributed by atoms with E-state index in [9.17, 15) is 19.5 Å². The molecular formula is C24H23Cl2N5O4. The van der Waals surface area contributed by atoms with Gasteiger partial charge in [0.05, 0.1) is 15.6 Å². The fraction of sp³-hybridized carbons (Fsp3) is 0.167. The Hall–Kier alpha value is -3.82. The summed E-state index contributed by atoms with van der Waals surface area (Å²) in [5, 5.41) is 20.5. The number of carbonyl (C=O) groups excluding carboxylic acids is 2. The van der Waals surface area contributed by atoms with Crippen LogP contribution in [0.5, 0.6) is 0 Å². The van der Waals surface area contributed by atoms with Gasteiger partial charge in [0, 0.05) is 25.0 Å². The molecule has 0 spiro atoms. The number of halogens is 2. The second-order valence-corrected chi connectivity index (χ2v) is 8.21. The zero-order valence-electron chi connectivity index (χ0n) is 18.4. The predicted molar refractivity (Wildman–Crippen MR) is 134 cm³/mol. The van der Waals surface area contributed by atoms with Gasteiger partial charge in [-0.2, -0.15) is 0 Å². The van der Waals surface area contributed by atoms with Gasteiger partial charge in [0.1, 0.15) is 11.9 Å². The molecule has 11 heteroatoms. The number of aromatic nitrogens is 1. The third-order valence-electron chi connectivity index (χ3n) is 4.86. The maximum absolute atomic E-state index is 12.4. The van der Waals surface area contributed by atoms with Gasteiger partial charge in [-0.15, -0.1) is 0 Å². The van der Waals surface area contributed by atoms with Crippen LogP contribution in [0, 0.1) is 0 Å². The minimum Gasteiger partial charge on any atom is -0.480 e. The predicted octanol–water partition coefficient (Wildman–Crippen LogP) is 4.20. The van der Waals surface area contributed by atoms with Crippen LogP contribution >= 0.6 is 23.2 Å². The number of rotatable bonds is 10. The third kappa shape index (κ3) is 7.87. The molecule has 0 fully saturated rings. The number of nitrogens with one attached hydrogen (secondary N) is 4. The van der Waals surface area contributed by atoms with E-state index in [-0.39, 0.29) is 35.1 Å². The summed E-state index contributed by atoms with van der Waals surface area (Å²) in [6.07, 6.45) is 1.66. The van der Waals surface area contributed by atoms with Gasteiger partial charge in [0.15, 0.2) is 0 Å². The fourth-order valence-electron chi connectivity index (χ4n) is 3.07. The average molecular weight is 516 g/mol. The van der Waals surface area contributed by atoms with E-state index in [1.165, 1.54) is 12.1 Å². The quantitative estimate of drug-likeness (QED) is 0.274. The first kappa shape index (κ1) is 25.8. The first-order valence-corrected chi connectivity index (χ1v) is 11.4. The number of pyridine rings is 1. The monoisotopic (exact) mass is 515 g/mol. The van der Waals surface area contributed by atoms with E-state index in [0.29, 0.717) is 0 Å². The number of carbonyl (C=O) groups is 3. The van der Waals surface area contributed by atoms with Crippen molar-refractivity contribution in [3.05, 3.63) is 88.0 Å². The van der Waals surface area contributed by atoms with E-state index in [2.05, 4.69) is 26.3 Å². The van der Waals surface area contributed by atoms with Crippen molar-refractivity contribution < 1.29 is 19.5 Å². The molecular weight excluding hydrogens is 493 g/mol. The summed E-state index contributed by atoms with van der Waals surface area (Å²) in [4.78, 5) is 40.3. The van der Waals surface area contributed by atoms with Gasteiger partial charge in [-0.1, -0.05) is 47.5 Å². The number of amides is 3. The van der Waals surface area contributed by atoms with Crippen molar-refractivity contribution in [2.24, 2.45) is 0 Å². The Balaban J connectivity index is 1.43. The zero-order valence-corrected chi connectivity index (χ0v) is 19.9. The average Bonchev–Trinajstić information content (AvgIpc) is 2.83. The number of hydrogen-bond donors (Lipinski definition) is 5. The Kier molecular flexibility index (Phi) is 9.28. The number of benzene rings is 2. The summed E-state index contributed by atoms with van der Waals surface area (Å²) >= 11 is 12.0. The largest absolute Gasteiger partial charge is 0.480 e. The molecule has 2 aromatic carbocycles. The highest BCUT2D eigenvalue weighted by molar-refractivity contribution is 6.39. The summed E-state index contributed by atoms with van der Waals surface area (Å²) in [5.41, 5.74) is 1.73. The normalized spacial score (nSPS) is 11.3. The topological polar surface area (TPSA) is 132 Å².